The molecular formula is C15H11BrClF3O. The van der Waals surface area contributed by atoms with Crippen LogP contribution in [0.15, 0.2) is 40.9 Å². The molecule has 2 rings (SSSR count). The highest BCUT2D eigenvalue weighted by atomic mass is 79.9. The van der Waals surface area contributed by atoms with E-state index in [0.29, 0.717) is 11.3 Å². The number of hydrogen-bond acceptors (Lipinski definition) is 1. The smallest absolute Gasteiger partial charge is 0.419 e. The average molecular weight is 380 g/mol. The summed E-state index contributed by atoms with van der Waals surface area (Å²) in [5.41, 5.74) is 0.301. The van der Waals surface area contributed by atoms with Gasteiger partial charge in [-0.2, -0.15) is 13.2 Å². The summed E-state index contributed by atoms with van der Waals surface area (Å²) in [5, 5.41) is 0. The van der Waals surface area contributed by atoms with Crippen molar-refractivity contribution in [3.63, 3.8) is 0 Å². The lowest BCUT2D eigenvalue weighted by atomic mass is 10.1. The van der Waals surface area contributed by atoms with Crippen molar-refractivity contribution >= 4 is 27.5 Å². The predicted molar refractivity (Wildman–Crippen MR) is 80.0 cm³/mol. The van der Waals surface area contributed by atoms with Crippen LogP contribution in [0.5, 0.6) is 11.5 Å². The third-order valence-corrected chi connectivity index (χ3v) is 3.68. The zero-order valence-electron chi connectivity index (χ0n) is 11.0. The lowest BCUT2D eigenvalue weighted by molar-refractivity contribution is -0.138. The quantitative estimate of drug-likeness (QED) is 0.568. The van der Waals surface area contributed by atoms with Crippen molar-refractivity contribution in [2.24, 2.45) is 0 Å². The van der Waals surface area contributed by atoms with Crippen molar-refractivity contribution in [3.8, 4) is 11.5 Å². The standard InChI is InChI=1S/C15H11BrClF3O/c1-9-2-4-11(16)7-14(9)21-13-5-3-10(8-17)6-12(13)15(18,19)20/h2-7H,8H2,1H3. The zero-order valence-corrected chi connectivity index (χ0v) is 13.3. The van der Waals surface area contributed by atoms with Crippen LogP contribution in [0.25, 0.3) is 0 Å². The molecule has 2 aromatic rings. The van der Waals surface area contributed by atoms with Crippen LogP contribution in [-0.4, -0.2) is 0 Å². The molecule has 0 aliphatic carbocycles. The minimum atomic E-state index is -4.50. The van der Waals surface area contributed by atoms with Gasteiger partial charge in [0.05, 0.1) is 5.56 Å². The molecule has 0 spiro atoms. The van der Waals surface area contributed by atoms with Crippen LogP contribution in [0.3, 0.4) is 0 Å². The van der Waals surface area contributed by atoms with Gasteiger partial charge in [0.15, 0.2) is 0 Å². The highest BCUT2D eigenvalue weighted by Crippen LogP contribution is 2.39. The van der Waals surface area contributed by atoms with Crippen LogP contribution in [0, 0.1) is 6.92 Å². The predicted octanol–water partition coefficient (Wildman–Crippen LogP) is 6.31. The summed E-state index contributed by atoms with van der Waals surface area (Å²) in [5.74, 6) is 0.144. The molecule has 21 heavy (non-hydrogen) atoms. The van der Waals surface area contributed by atoms with Crippen LogP contribution >= 0.6 is 27.5 Å². The van der Waals surface area contributed by atoms with E-state index in [1.807, 2.05) is 0 Å². The van der Waals surface area contributed by atoms with Gasteiger partial charge in [0.1, 0.15) is 11.5 Å². The minimum Gasteiger partial charge on any atom is -0.456 e. The topological polar surface area (TPSA) is 9.23 Å². The Labute approximate surface area is 133 Å². The normalized spacial score (nSPS) is 11.5. The number of rotatable bonds is 3. The summed E-state index contributed by atoms with van der Waals surface area (Å²) in [6, 6.07) is 9.01. The summed E-state index contributed by atoms with van der Waals surface area (Å²) in [6.45, 7) is 1.77. The molecule has 6 heteroatoms. The van der Waals surface area contributed by atoms with Gasteiger partial charge in [-0.15, -0.1) is 11.6 Å². The van der Waals surface area contributed by atoms with Crippen LogP contribution in [0.1, 0.15) is 16.7 Å². The highest BCUT2D eigenvalue weighted by Gasteiger charge is 2.35. The van der Waals surface area contributed by atoms with Crippen molar-refractivity contribution in [1.82, 2.24) is 0 Å². The molecule has 0 saturated carbocycles. The van der Waals surface area contributed by atoms with Gasteiger partial charge in [0, 0.05) is 10.4 Å². The second-order valence-corrected chi connectivity index (χ2v) is 5.66. The summed E-state index contributed by atoms with van der Waals surface area (Å²) < 4.78 is 45.5. The molecule has 2 aromatic carbocycles. The molecule has 1 nitrogen and oxygen atoms in total. The molecule has 0 aromatic heterocycles. The van der Waals surface area contributed by atoms with E-state index >= 15 is 0 Å². The molecular weight excluding hydrogens is 369 g/mol. The Morgan fingerprint density at radius 2 is 1.81 bits per heavy atom. The molecule has 0 heterocycles. The van der Waals surface area contributed by atoms with Crippen LogP contribution in [0.4, 0.5) is 13.2 Å². The number of halogens is 5. The van der Waals surface area contributed by atoms with E-state index in [9.17, 15) is 13.2 Å². The Morgan fingerprint density at radius 3 is 2.43 bits per heavy atom. The van der Waals surface area contributed by atoms with Crippen LogP contribution in [0.2, 0.25) is 0 Å². The van der Waals surface area contributed by atoms with Gasteiger partial charge >= 0.3 is 6.18 Å². The first-order valence-electron chi connectivity index (χ1n) is 6.01. The number of alkyl halides is 4. The first-order valence-corrected chi connectivity index (χ1v) is 7.34. The molecule has 0 fully saturated rings. The fourth-order valence-electron chi connectivity index (χ4n) is 1.77. The van der Waals surface area contributed by atoms with Crippen molar-refractivity contribution in [2.75, 3.05) is 0 Å². The van der Waals surface area contributed by atoms with Crippen molar-refractivity contribution in [2.45, 2.75) is 19.0 Å². The lowest BCUT2D eigenvalue weighted by Crippen LogP contribution is -2.08. The van der Waals surface area contributed by atoms with Gasteiger partial charge in [-0.3, -0.25) is 0 Å². The van der Waals surface area contributed by atoms with Crippen LogP contribution < -0.4 is 4.74 Å². The van der Waals surface area contributed by atoms with Crippen LogP contribution in [-0.2, 0) is 12.1 Å². The van der Waals surface area contributed by atoms with E-state index in [1.165, 1.54) is 12.1 Å². The van der Waals surface area contributed by atoms with Gasteiger partial charge in [-0.1, -0.05) is 28.1 Å². The monoisotopic (exact) mass is 378 g/mol. The molecule has 0 bridgehead atoms. The lowest BCUT2D eigenvalue weighted by Gasteiger charge is -2.16. The Bertz CT molecular complexity index is 656. The zero-order chi connectivity index (χ0) is 15.6. The largest absolute Gasteiger partial charge is 0.456 e. The Kier molecular flexibility index (Phi) is 4.84. The summed E-state index contributed by atoms with van der Waals surface area (Å²) in [7, 11) is 0. The summed E-state index contributed by atoms with van der Waals surface area (Å²) in [6.07, 6.45) is -4.50. The van der Waals surface area contributed by atoms with E-state index in [4.69, 9.17) is 16.3 Å². The molecule has 0 amide bonds. The fourth-order valence-corrected chi connectivity index (χ4v) is 2.28. The second kappa shape index (κ2) is 6.28. The van der Waals surface area contributed by atoms with E-state index < -0.39 is 11.7 Å². The fraction of sp³-hybridized carbons (Fsp3) is 0.200. The number of aryl methyl sites for hydroxylation is 1. The molecule has 0 saturated heterocycles. The van der Waals surface area contributed by atoms with Crippen molar-refractivity contribution < 1.29 is 17.9 Å². The minimum absolute atomic E-state index is 0.0132. The number of benzene rings is 2. The van der Waals surface area contributed by atoms with Gasteiger partial charge in [-0.25, -0.2) is 0 Å². The van der Waals surface area contributed by atoms with Gasteiger partial charge in [0.2, 0.25) is 0 Å². The molecule has 0 aliphatic rings. The Morgan fingerprint density at radius 1 is 1.10 bits per heavy atom. The molecule has 112 valence electrons. The van der Waals surface area contributed by atoms with Crippen molar-refractivity contribution in [3.05, 3.63) is 57.6 Å². The maximum Gasteiger partial charge on any atom is 0.419 e. The molecule has 0 N–H and O–H groups in total. The maximum absolute atomic E-state index is 13.1. The first-order chi connectivity index (χ1) is 9.81. The average Bonchev–Trinajstić information content (AvgIpc) is 2.42. The van der Waals surface area contributed by atoms with Gasteiger partial charge in [0.25, 0.3) is 0 Å². The molecule has 0 aliphatic heterocycles. The number of ether oxygens (including phenoxy) is 1. The molecule has 0 unspecified atom stereocenters. The molecule has 0 radical (unpaired) electrons. The summed E-state index contributed by atoms with van der Waals surface area (Å²) >= 11 is 8.86. The first kappa shape index (κ1) is 16.2. The third kappa shape index (κ3) is 3.92. The van der Waals surface area contributed by atoms with E-state index in [1.54, 1.807) is 25.1 Å². The van der Waals surface area contributed by atoms with E-state index in [-0.39, 0.29) is 11.6 Å². The van der Waals surface area contributed by atoms with E-state index in [2.05, 4.69) is 15.9 Å². The van der Waals surface area contributed by atoms with E-state index in [0.717, 1.165) is 16.1 Å². The van der Waals surface area contributed by atoms with Crippen molar-refractivity contribution in [1.29, 1.82) is 0 Å². The SMILES string of the molecule is Cc1ccc(Br)cc1Oc1ccc(CCl)cc1C(F)(F)F. The van der Waals surface area contributed by atoms with Gasteiger partial charge < -0.3 is 4.74 Å². The maximum atomic E-state index is 13.1. The number of hydrogen-bond donors (Lipinski definition) is 0. The highest BCUT2D eigenvalue weighted by molar-refractivity contribution is 9.10. The third-order valence-electron chi connectivity index (χ3n) is 2.87. The summed E-state index contributed by atoms with van der Waals surface area (Å²) in [4.78, 5) is 0. The molecule has 0 atom stereocenters. The Balaban J connectivity index is 2.46. The Hall–Kier alpha value is -1.20. The second-order valence-electron chi connectivity index (χ2n) is 4.47. The van der Waals surface area contributed by atoms with Gasteiger partial charge in [-0.05, 0) is 42.3 Å².